The second-order valence-electron chi connectivity index (χ2n) is 5.38. The number of carbonyl (C=O) groups excluding carboxylic acids is 1. The molecule has 1 unspecified atom stereocenters. The molecule has 2 heterocycles. The van der Waals surface area contributed by atoms with E-state index in [1.54, 1.807) is 6.92 Å². The molecular formula is C16H19N7OS. The molecule has 2 rings (SSSR count). The standard InChI is InChI=1S/C16H19N7OS/c1-10(4-3-7-17)14(24)20-8-11-5-2-6-12(21-11)13-9-25-16(22-13)23-15(18)19/h2,5-6,9-10H,3-4,8H2,1H3,(H,20,24)(H4,18,19,22,23). The maximum absolute atomic E-state index is 12.0. The number of rotatable bonds is 7. The molecule has 5 N–H and O–H groups in total. The molecule has 2 aromatic rings. The Morgan fingerprint density at radius 2 is 2.20 bits per heavy atom. The first kappa shape index (κ1) is 18.4. The van der Waals surface area contributed by atoms with Crippen LogP contribution in [0.2, 0.25) is 0 Å². The summed E-state index contributed by atoms with van der Waals surface area (Å²) in [6.07, 6.45) is 0.909. The van der Waals surface area contributed by atoms with E-state index < -0.39 is 0 Å². The molecule has 1 amide bonds. The Kier molecular flexibility index (Phi) is 6.42. The van der Waals surface area contributed by atoms with Crippen LogP contribution in [0.25, 0.3) is 11.4 Å². The van der Waals surface area contributed by atoms with Crippen LogP contribution in [0.3, 0.4) is 0 Å². The number of nitrogens with two attached hydrogens (primary N) is 2. The van der Waals surface area contributed by atoms with Crippen molar-refractivity contribution in [3.8, 4) is 17.5 Å². The van der Waals surface area contributed by atoms with Crippen molar-refractivity contribution < 1.29 is 4.79 Å². The summed E-state index contributed by atoms with van der Waals surface area (Å²) in [5.41, 5.74) is 12.7. The third kappa shape index (κ3) is 5.54. The van der Waals surface area contributed by atoms with Crippen LogP contribution < -0.4 is 16.8 Å². The zero-order valence-electron chi connectivity index (χ0n) is 13.8. The number of hydrogen-bond acceptors (Lipinski definition) is 6. The highest BCUT2D eigenvalue weighted by Gasteiger charge is 2.12. The lowest BCUT2D eigenvalue weighted by atomic mass is 10.1. The molecule has 0 radical (unpaired) electrons. The van der Waals surface area contributed by atoms with Gasteiger partial charge >= 0.3 is 0 Å². The van der Waals surface area contributed by atoms with Crippen LogP contribution in [0.5, 0.6) is 0 Å². The van der Waals surface area contributed by atoms with Gasteiger partial charge in [0.1, 0.15) is 5.69 Å². The van der Waals surface area contributed by atoms with Crippen LogP contribution in [0.1, 0.15) is 25.5 Å². The van der Waals surface area contributed by atoms with E-state index in [0.717, 1.165) is 5.69 Å². The van der Waals surface area contributed by atoms with E-state index in [1.165, 1.54) is 11.3 Å². The molecule has 1 atom stereocenters. The largest absolute Gasteiger partial charge is 0.370 e. The van der Waals surface area contributed by atoms with Crippen LogP contribution in [0.15, 0.2) is 28.6 Å². The molecule has 9 heteroatoms. The van der Waals surface area contributed by atoms with Gasteiger partial charge in [-0.3, -0.25) is 4.79 Å². The van der Waals surface area contributed by atoms with Crippen LogP contribution >= 0.6 is 11.3 Å². The lowest BCUT2D eigenvalue weighted by Gasteiger charge is -2.10. The SMILES string of the molecule is CC(CCC#N)C(=O)NCc1cccc(-c2csc(N=C(N)N)n2)n1. The summed E-state index contributed by atoms with van der Waals surface area (Å²) in [6.45, 7) is 2.12. The molecule has 2 aromatic heterocycles. The Morgan fingerprint density at radius 3 is 2.92 bits per heavy atom. The van der Waals surface area contributed by atoms with E-state index in [2.05, 4.69) is 20.3 Å². The van der Waals surface area contributed by atoms with Crippen molar-refractivity contribution in [2.24, 2.45) is 22.4 Å². The minimum absolute atomic E-state index is 0.0455. The average molecular weight is 357 g/mol. The van der Waals surface area contributed by atoms with E-state index in [4.69, 9.17) is 16.7 Å². The van der Waals surface area contributed by atoms with Gasteiger partial charge in [0.2, 0.25) is 11.0 Å². The fourth-order valence-corrected chi connectivity index (χ4v) is 2.73. The molecule has 0 aliphatic rings. The predicted molar refractivity (Wildman–Crippen MR) is 96.7 cm³/mol. The van der Waals surface area contributed by atoms with Crippen molar-refractivity contribution in [1.82, 2.24) is 15.3 Å². The molecule has 0 spiro atoms. The van der Waals surface area contributed by atoms with Gasteiger partial charge in [-0.15, -0.1) is 11.3 Å². The van der Waals surface area contributed by atoms with E-state index in [-0.39, 0.29) is 17.8 Å². The number of guanidine groups is 1. The molecule has 8 nitrogen and oxygen atoms in total. The number of aliphatic imine (C=N–C) groups is 1. The molecule has 0 saturated carbocycles. The molecule has 0 aliphatic carbocycles. The lowest BCUT2D eigenvalue weighted by Crippen LogP contribution is -2.29. The zero-order valence-corrected chi connectivity index (χ0v) is 14.6. The van der Waals surface area contributed by atoms with Crippen LogP contribution in [0, 0.1) is 17.2 Å². The number of aromatic nitrogens is 2. The van der Waals surface area contributed by atoms with Gasteiger partial charge in [0, 0.05) is 17.7 Å². The van der Waals surface area contributed by atoms with Gasteiger partial charge in [0.25, 0.3) is 0 Å². The summed E-state index contributed by atoms with van der Waals surface area (Å²) in [5.74, 6) is -0.342. The molecule has 25 heavy (non-hydrogen) atoms. The fourth-order valence-electron chi connectivity index (χ4n) is 2.03. The summed E-state index contributed by atoms with van der Waals surface area (Å²) in [5, 5.41) is 13.7. The van der Waals surface area contributed by atoms with Gasteiger partial charge in [0.05, 0.1) is 24.0 Å². The first-order valence-corrected chi connectivity index (χ1v) is 8.53. The second-order valence-corrected chi connectivity index (χ2v) is 6.22. The van der Waals surface area contributed by atoms with E-state index in [9.17, 15) is 4.79 Å². The average Bonchev–Trinajstić information content (AvgIpc) is 3.05. The quantitative estimate of drug-likeness (QED) is 0.508. The van der Waals surface area contributed by atoms with Crippen molar-refractivity contribution in [2.75, 3.05) is 0 Å². The van der Waals surface area contributed by atoms with Crippen LogP contribution in [-0.2, 0) is 11.3 Å². The third-order valence-electron chi connectivity index (χ3n) is 3.37. The number of nitriles is 1. The zero-order chi connectivity index (χ0) is 18.2. The highest BCUT2D eigenvalue weighted by molar-refractivity contribution is 7.13. The monoisotopic (exact) mass is 357 g/mol. The summed E-state index contributed by atoms with van der Waals surface area (Å²) >= 11 is 1.31. The number of thiazole rings is 1. The summed E-state index contributed by atoms with van der Waals surface area (Å²) < 4.78 is 0. The van der Waals surface area contributed by atoms with Gasteiger partial charge in [-0.25, -0.2) is 9.97 Å². The highest BCUT2D eigenvalue weighted by atomic mass is 32.1. The molecule has 0 aliphatic heterocycles. The Balaban J connectivity index is 2.02. The molecular weight excluding hydrogens is 338 g/mol. The van der Waals surface area contributed by atoms with Gasteiger partial charge < -0.3 is 16.8 Å². The predicted octanol–water partition coefficient (Wildman–Crippen LogP) is 1.67. The van der Waals surface area contributed by atoms with Crippen LogP contribution in [-0.4, -0.2) is 21.8 Å². The minimum atomic E-state index is -0.205. The second kappa shape index (κ2) is 8.75. The third-order valence-corrected chi connectivity index (χ3v) is 4.10. The van der Waals surface area contributed by atoms with E-state index >= 15 is 0 Å². The number of hydrogen-bond donors (Lipinski definition) is 3. The normalized spacial score (nSPS) is 11.4. The minimum Gasteiger partial charge on any atom is -0.370 e. The van der Waals surface area contributed by atoms with Gasteiger partial charge in [-0.2, -0.15) is 10.3 Å². The number of amides is 1. The highest BCUT2D eigenvalue weighted by Crippen LogP contribution is 2.25. The first-order valence-electron chi connectivity index (χ1n) is 7.65. The Labute approximate surface area is 149 Å². The van der Waals surface area contributed by atoms with Crippen molar-refractivity contribution in [3.05, 3.63) is 29.3 Å². The van der Waals surface area contributed by atoms with E-state index in [0.29, 0.717) is 35.9 Å². The van der Waals surface area contributed by atoms with Crippen molar-refractivity contribution in [2.45, 2.75) is 26.3 Å². The number of nitrogens with one attached hydrogen (secondary N) is 1. The van der Waals surface area contributed by atoms with Crippen molar-refractivity contribution in [1.29, 1.82) is 5.26 Å². The van der Waals surface area contributed by atoms with Crippen LogP contribution in [0.4, 0.5) is 5.13 Å². The Bertz CT molecular complexity index is 805. The Morgan fingerprint density at radius 1 is 1.40 bits per heavy atom. The number of nitrogens with zero attached hydrogens (tertiary/aromatic N) is 4. The Hall–Kier alpha value is -2.99. The summed E-state index contributed by atoms with van der Waals surface area (Å²) in [6, 6.07) is 7.55. The van der Waals surface area contributed by atoms with E-state index in [1.807, 2.05) is 29.6 Å². The first-order chi connectivity index (χ1) is 12.0. The molecule has 0 aromatic carbocycles. The number of carbonyl (C=O) groups is 1. The molecule has 0 saturated heterocycles. The van der Waals surface area contributed by atoms with Gasteiger partial charge in [-0.1, -0.05) is 13.0 Å². The van der Waals surface area contributed by atoms with Crippen molar-refractivity contribution in [3.63, 3.8) is 0 Å². The molecule has 130 valence electrons. The fraction of sp³-hybridized carbons (Fsp3) is 0.312. The molecule has 0 bridgehead atoms. The van der Waals surface area contributed by atoms with Gasteiger partial charge in [0.15, 0.2) is 5.96 Å². The molecule has 0 fully saturated rings. The lowest BCUT2D eigenvalue weighted by molar-refractivity contribution is -0.124. The summed E-state index contributed by atoms with van der Waals surface area (Å²) in [4.78, 5) is 24.7. The maximum Gasteiger partial charge on any atom is 0.223 e. The number of pyridine rings is 1. The van der Waals surface area contributed by atoms with Gasteiger partial charge in [-0.05, 0) is 18.6 Å². The summed E-state index contributed by atoms with van der Waals surface area (Å²) in [7, 11) is 0. The van der Waals surface area contributed by atoms with Crippen molar-refractivity contribution >= 4 is 28.3 Å². The smallest absolute Gasteiger partial charge is 0.223 e. The maximum atomic E-state index is 12.0. The topological polar surface area (TPSA) is 143 Å².